The second kappa shape index (κ2) is 6.73. The lowest BCUT2D eigenvalue weighted by Crippen LogP contribution is -2.34. The minimum atomic E-state index is -1.61. The molecule has 1 unspecified atom stereocenters. The van der Waals surface area contributed by atoms with Crippen molar-refractivity contribution >= 4 is 23.3 Å². The van der Waals surface area contributed by atoms with Gasteiger partial charge in [0, 0.05) is 11.6 Å². The van der Waals surface area contributed by atoms with Crippen LogP contribution < -0.4 is 5.32 Å². The van der Waals surface area contributed by atoms with Gasteiger partial charge in [-0.25, -0.2) is 18.0 Å². The van der Waals surface area contributed by atoms with Crippen LogP contribution in [0.3, 0.4) is 0 Å². The maximum absolute atomic E-state index is 13.7. The fourth-order valence-corrected chi connectivity index (χ4v) is 3.08. The van der Waals surface area contributed by atoms with E-state index in [-0.39, 0.29) is 6.04 Å². The summed E-state index contributed by atoms with van der Waals surface area (Å²) in [5, 5.41) is 2.87. The Bertz CT molecular complexity index is 784. The van der Waals surface area contributed by atoms with Gasteiger partial charge in [0.2, 0.25) is 0 Å². The number of anilines is 1. The summed E-state index contributed by atoms with van der Waals surface area (Å²) in [7, 11) is 0. The van der Waals surface area contributed by atoms with Gasteiger partial charge in [-0.2, -0.15) is 0 Å². The van der Waals surface area contributed by atoms with E-state index in [1.807, 2.05) is 6.07 Å². The Balaban J connectivity index is 1.80. The quantitative estimate of drug-likeness (QED) is 0.745. The monoisotopic (exact) mass is 354 g/mol. The number of carbonyl (C=O) groups excluding carboxylic acids is 1. The Labute approximate surface area is 142 Å². The molecule has 0 bridgehead atoms. The lowest BCUT2D eigenvalue weighted by Gasteiger charge is -2.25. The average Bonchev–Trinajstić information content (AvgIpc) is 3.05. The van der Waals surface area contributed by atoms with Crippen LogP contribution in [0.25, 0.3) is 0 Å². The normalized spacial score (nSPS) is 17.2. The molecule has 1 atom stereocenters. The molecule has 0 saturated carbocycles. The van der Waals surface area contributed by atoms with Crippen LogP contribution in [0, 0.1) is 17.5 Å². The fraction of sp³-hybridized carbons (Fsp3) is 0.235. The maximum atomic E-state index is 13.7. The number of amides is 2. The highest BCUT2D eigenvalue weighted by molar-refractivity contribution is 6.30. The molecule has 1 N–H and O–H groups in total. The molecule has 24 heavy (non-hydrogen) atoms. The van der Waals surface area contributed by atoms with Gasteiger partial charge in [0.1, 0.15) is 0 Å². The second-order valence-corrected chi connectivity index (χ2v) is 6.00. The predicted molar refractivity (Wildman–Crippen MR) is 85.5 cm³/mol. The molecule has 3 nitrogen and oxygen atoms in total. The smallest absolute Gasteiger partial charge is 0.317 e. The standard InChI is InChI=1S/C17H14ClF3N2O/c18-11-4-1-3-10(9-11)14-5-2-8-23(14)17(24)22-13-7-6-12(19)15(20)16(13)21/h1,3-4,6-7,9,14H,2,5,8H2,(H,22,24). The van der Waals surface area contributed by atoms with Crippen molar-refractivity contribution in [3.8, 4) is 0 Å². The van der Waals surface area contributed by atoms with Gasteiger partial charge in [-0.15, -0.1) is 0 Å². The third-order valence-corrected chi connectivity index (χ3v) is 4.26. The lowest BCUT2D eigenvalue weighted by atomic mass is 10.1. The number of hydrogen-bond donors (Lipinski definition) is 1. The molecule has 3 rings (SSSR count). The van der Waals surface area contributed by atoms with Gasteiger partial charge in [-0.3, -0.25) is 0 Å². The maximum Gasteiger partial charge on any atom is 0.322 e. The number of benzene rings is 2. The van der Waals surface area contributed by atoms with Gasteiger partial charge in [0.25, 0.3) is 0 Å². The lowest BCUT2D eigenvalue weighted by molar-refractivity contribution is 0.207. The molecule has 1 fully saturated rings. The van der Waals surface area contributed by atoms with Crippen LogP contribution in [-0.2, 0) is 0 Å². The Kier molecular flexibility index (Phi) is 4.66. The van der Waals surface area contributed by atoms with Gasteiger partial charge in [-0.1, -0.05) is 23.7 Å². The number of nitrogens with one attached hydrogen (secondary N) is 1. The molecule has 0 spiro atoms. The predicted octanol–water partition coefficient (Wildman–Crippen LogP) is 5.13. The summed E-state index contributed by atoms with van der Waals surface area (Å²) >= 11 is 5.99. The molecule has 7 heteroatoms. The van der Waals surface area contributed by atoms with Gasteiger partial charge in [0.05, 0.1) is 11.7 Å². The van der Waals surface area contributed by atoms with Gasteiger partial charge < -0.3 is 10.2 Å². The first-order valence-corrected chi connectivity index (χ1v) is 7.82. The minimum Gasteiger partial charge on any atom is -0.317 e. The molecule has 0 aromatic heterocycles. The van der Waals surface area contributed by atoms with Crippen molar-refractivity contribution in [2.75, 3.05) is 11.9 Å². The van der Waals surface area contributed by atoms with Crippen molar-refractivity contribution in [1.29, 1.82) is 0 Å². The molecule has 0 aliphatic carbocycles. The molecule has 2 amide bonds. The Morgan fingerprint density at radius 3 is 2.71 bits per heavy atom. The van der Waals surface area contributed by atoms with E-state index in [0.717, 1.165) is 30.5 Å². The summed E-state index contributed by atoms with van der Waals surface area (Å²) < 4.78 is 40.0. The van der Waals surface area contributed by atoms with Gasteiger partial charge >= 0.3 is 6.03 Å². The number of nitrogens with zero attached hydrogens (tertiary/aromatic N) is 1. The summed E-state index contributed by atoms with van der Waals surface area (Å²) in [5.74, 6) is -4.33. The zero-order valence-electron chi connectivity index (χ0n) is 12.5. The van der Waals surface area contributed by atoms with Crippen molar-refractivity contribution in [1.82, 2.24) is 4.90 Å². The van der Waals surface area contributed by atoms with E-state index in [2.05, 4.69) is 5.32 Å². The number of rotatable bonds is 2. The van der Waals surface area contributed by atoms with Crippen LogP contribution in [0.15, 0.2) is 36.4 Å². The molecule has 1 saturated heterocycles. The van der Waals surface area contributed by atoms with Crippen molar-refractivity contribution in [2.24, 2.45) is 0 Å². The Morgan fingerprint density at radius 2 is 1.96 bits per heavy atom. The summed E-state index contributed by atoms with van der Waals surface area (Å²) in [4.78, 5) is 14.0. The first-order valence-electron chi connectivity index (χ1n) is 7.44. The molecular weight excluding hydrogens is 341 g/mol. The highest BCUT2D eigenvalue weighted by Gasteiger charge is 2.30. The first kappa shape index (κ1) is 16.6. The third kappa shape index (κ3) is 3.19. The van der Waals surface area contributed by atoms with Gasteiger partial charge in [0.15, 0.2) is 17.5 Å². The van der Waals surface area contributed by atoms with E-state index < -0.39 is 29.2 Å². The molecule has 1 heterocycles. The third-order valence-electron chi connectivity index (χ3n) is 4.02. The molecule has 2 aromatic rings. The molecular formula is C17H14ClF3N2O. The molecule has 1 aliphatic heterocycles. The van der Waals surface area contributed by atoms with E-state index in [4.69, 9.17) is 11.6 Å². The zero-order valence-corrected chi connectivity index (χ0v) is 13.3. The highest BCUT2D eigenvalue weighted by Crippen LogP contribution is 2.33. The molecule has 2 aromatic carbocycles. The summed E-state index contributed by atoms with van der Waals surface area (Å²) in [6.45, 7) is 0.480. The van der Waals surface area contributed by atoms with Crippen molar-refractivity contribution in [2.45, 2.75) is 18.9 Å². The van der Waals surface area contributed by atoms with E-state index >= 15 is 0 Å². The van der Waals surface area contributed by atoms with Crippen LogP contribution in [0.4, 0.5) is 23.7 Å². The van der Waals surface area contributed by atoms with E-state index in [9.17, 15) is 18.0 Å². The number of carbonyl (C=O) groups is 1. The van der Waals surface area contributed by atoms with Crippen LogP contribution in [0.1, 0.15) is 24.4 Å². The van der Waals surface area contributed by atoms with Crippen LogP contribution in [-0.4, -0.2) is 17.5 Å². The summed E-state index contributed by atoms with van der Waals surface area (Å²) in [6, 6.07) is 8.17. The topological polar surface area (TPSA) is 32.3 Å². The van der Waals surface area contributed by atoms with Crippen molar-refractivity contribution in [3.63, 3.8) is 0 Å². The van der Waals surface area contributed by atoms with Crippen molar-refractivity contribution < 1.29 is 18.0 Å². The summed E-state index contributed by atoms with van der Waals surface area (Å²) in [5.41, 5.74) is 0.483. The number of hydrogen-bond acceptors (Lipinski definition) is 1. The largest absolute Gasteiger partial charge is 0.322 e. The minimum absolute atomic E-state index is 0.197. The number of likely N-dealkylation sites (tertiary alicyclic amines) is 1. The van der Waals surface area contributed by atoms with Crippen molar-refractivity contribution in [3.05, 3.63) is 64.4 Å². The van der Waals surface area contributed by atoms with E-state index in [0.29, 0.717) is 11.6 Å². The first-order chi connectivity index (χ1) is 11.5. The highest BCUT2D eigenvalue weighted by atomic mass is 35.5. The average molecular weight is 355 g/mol. The summed E-state index contributed by atoms with van der Waals surface area (Å²) in [6.07, 6.45) is 1.53. The molecule has 126 valence electrons. The van der Waals surface area contributed by atoms with Gasteiger partial charge in [-0.05, 0) is 42.7 Å². The van der Waals surface area contributed by atoms with Crippen LogP contribution in [0.5, 0.6) is 0 Å². The Hall–Kier alpha value is -2.21. The van der Waals surface area contributed by atoms with E-state index in [1.165, 1.54) is 4.90 Å². The fourth-order valence-electron chi connectivity index (χ4n) is 2.88. The molecule has 1 aliphatic rings. The van der Waals surface area contributed by atoms with E-state index in [1.54, 1.807) is 18.2 Å². The SMILES string of the molecule is O=C(Nc1ccc(F)c(F)c1F)N1CCCC1c1cccc(Cl)c1. The second-order valence-electron chi connectivity index (χ2n) is 5.56. The van der Waals surface area contributed by atoms with Crippen LogP contribution >= 0.6 is 11.6 Å². The Morgan fingerprint density at radius 1 is 1.17 bits per heavy atom. The number of halogens is 4. The van der Waals surface area contributed by atoms with Crippen LogP contribution in [0.2, 0.25) is 5.02 Å². The zero-order chi connectivity index (χ0) is 17.3. The molecule has 0 radical (unpaired) electrons. The number of urea groups is 1.